The van der Waals surface area contributed by atoms with Gasteiger partial charge in [0, 0.05) is 0 Å². The number of nitro benzene ring substituents is 1. The molecule has 0 bridgehead atoms. The van der Waals surface area contributed by atoms with Gasteiger partial charge in [0.15, 0.2) is 5.75 Å². The second-order valence-corrected chi connectivity index (χ2v) is 2.69. The Bertz CT molecular complexity index is 373. The molecule has 0 aliphatic rings. The number of benzene rings is 1. The number of carboxylic acids is 1. The van der Waals surface area contributed by atoms with Crippen LogP contribution >= 0.6 is 0 Å². The van der Waals surface area contributed by atoms with Crippen molar-refractivity contribution in [2.24, 2.45) is 0 Å². The highest BCUT2D eigenvalue weighted by molar-refractivity contribution is 5.95. The Hall–Kier alpha value is -2.11. The van der Waals surface area contributed by atoms with E-state index in [1.165, 1.54) is 13.0 Å². The molecule has 2 N–H and O–H groups in total. The van der Waals surface area contributed by atoms with Crippen molar-refractivity contribution in [1.29, 1.82) is 0 Å². The molecule has 1 rings (SSSR count). The van der Waals surface area contributed by atoms with Crippen LogP contribution in [0.1, 0.15) is 15.9 Å². The summed E-state index contributed by atoms with van der Waals surface area (Å²) < 4.78 is 0. The summed E-state index contributed by atoms with van der Waals surface area (Å²) in [7, 11) is 0. The van der Waals surface area contributed by atoms with Gasteiger partial charge in [0.1, 0.15) is 5.56 Å². The number of phenolic OH excluding ortho intramolecular Hbond substituents is 1. The maximum atomic E-state index is 10.7. The number of rotatable bonds is 2. The quantitative estimate of drug-likeness (QED) is 0.549. The highest BCUT2D eigenvalue weighted by atomic mass is 16.6. The maximum absolute atomic E-state index is 10.7. The van der Waals surface area contributed by atoms with Crippen LogP contribution in [0.2, 0.25) is 0 Å². The van der Waals surface area contributed by atoms with Crippen LogP contribution in [-0.2, 0) is 0 Å². The number of hydrogen-bond acceptors (Lipinski definition) is 4. The third kappa shape index (κ3) is 1.49. The number of aromatic carboxylic acids is 1. The molecular formula is C8H7NO5. The summed E-state index contributed by atoms with van der Waals surface area (Å²) in [5.74, 6) is -2.07. The van der Waals surface area contributed by atoms with E-state index < -0.39 is 27.9 Å². The second kappa shape index (κ2) is 3.33. The molecule has 0 atom stereocenters. The summed E-state index contributed by atoms with van der Waals surface area (Å²) in [6.07, 6.45) is 0. The molecule has 6 nitrogen and oxygen atoms in total. The predicted octanol–water partition coefficient (Wildman–Crippen LogP) is 1.31. The van der Waals surface area contributed by atoms with E-state index in [-0.39, 0.29) is 5.56 Å². The third-order valence-electron chi connectivity index (χ3n) is 1.76. The van der Waals surface area contributed by atoms with Gasteiger partial charge in [-0.25, -0.2) is 4.79 Å². The Morgan fingerprint density at radius 1 is 1.50 bits per heavy atom. The predicted molar refractivity (Wildman–Crippen MR) is 46.5 cm³/mol. The fourth-order valence-corrected chi connectivity index (χ4v) is 1.14. The highest BCUT2D eigenvalue weighted by Crippen LogP contribution is 2.31. The maximum Gasteiger partial charge on any atom is 0.343 e. The van der Waals surface area contributed by atoms with E-state index in [1.54, 1.807) is 0 Å². The van der Waals surface area contributed by atoms with Gasteiger partial charge in [0.2, 0.25) is 0 Å². The topological polar surface area (TPSA) is 101 Å². The summed E-state index contributed by atoms with van der Waals surface area (Å²) in [4.78, 5) is 20.3. The lowest BCUT2D eigenvalue weighted by Crippen LogP contribution is -2.05. The molecule has 0 aliphatic carbocycles. The minimum absolute atomic E-state index is 0.238. The molecule has 1 aromatic rings. The van der Waals surface area contributed by atoms with Crippen LogP contribution in [0.15, 0.2) is 12.1 Å². The van der Waals surface area contributed by atoms with Crippen LogP contribution in [0.4, 0.5) is 5.69 Å². The molecule has 0 unspecified atom stereocenters. The van der Waals surface area contributed by atoms with Gasteiger partial charge in [0.25, 0.3) is 0 Å². The average Bonchev–Trinajstić information content (AvgIpc) is 2.07. The zero-order valence-corrected chi connectivity index (χ0v) is 7.22. The van der Waals surface area contributed by atoms with Crippen molar-refractivity contribution >= 4 is 11.7 Å². The first-order chi connectivity index (χ1) is 6.45. The molecule has 1 aromatic carbocycles. The molecule has 0 saturated carbocycles. The zero-order chi connectivity index (χ0) is 10.9. The summed E-state index contributed by atoms with van der Waals surface area (Å²) in [6.45, 7) is 1.43. The normalized spacial score (nSPS) is 9.79. The van der Waals surface area contributed by atoms with Crippen molar-refractivity contribution in [2.45, 2.75) is 6.92 Å². The molecule has 0 saturated heterocycles. The van der Waals surface area contributed by atoms with Crippen LogP contribution in [0.5, 0.6) is 5.75 Å². The molecule has 14 heavy (non-hydrogen) atoms. The molecule has 0 radical (unpaired) electrons. The SMILES string of the molecule is Cc1ccc(O)c([N+](=O)[O-])c1C(=O)O. The van der Waals surface area contributed by atoms with E-state index in [0.717, 1.165) is 6.07 Å². The third-order valence-corrected chi connectivity index (χ3v) is 1.76. The van der Waals surface area contributed by atoms with Crippen LogP contribution in [0.25, 0.3) is 0 Å². The van der Waals surface area contributed by atoms with Gasteiger partial charge in [-0.2, -0.15) is 0 Å². The summed E-state index contributed by atoms with van der Waals surface area (Å²) in [5.41, 5.74) is -1.01. The van der Waals surface area contributed by atoms with Crippen molar-refractivity contribution < 1.29 is 19.9 Å². The first-order valence-corrected chi connectivity index (χ1v) is 3.65. The van der Waals surface area contributed by atoms with Gasteiger partial charge >= 0.3 is 11.7 Å². The number of carbonyl (C=O) groups is 1. The number of aryl methyl sites for hydroxylation is 1. The summed E-state index contributed by atoms with van der Waals surface area (Å²) in [6, 6.07) is 2.41. The minimum Gasteiger partial charge on any atom is -0.502 e. The van der Waals surface area contributed by atoms with Gasteiger partial charge in [-0.05, 0) is 18.6 Å². The first kappa shape index (κ1) is 9.97. The van der Waals surface area contributed by atoms with Crippen molar-refractivity contribution in [3.63, 3.8) is 0 Å². The highest BCUT2D eigenvalue weighted by Gasteiger charge is 2.26. The molecule has 0 heterocycles. The molecule has 0 aromatic heterocycles. The number of aromatic hydroxyl groups is 1. The van der Waals surface area contributed by atoms with E-state index in [0.29, 0.717) is 0 Å². The smallest absolute Gasteiger partial charge is 0.343 e. The van der Waals surface area contributed by atoms with Crippen LogP contribution in [0.3, 0.4) is 0 Å². The second-order valence-electron chi connectivity index (χ2n) is 2.69. The van der Waals surface area contributed by atoms with E-state index in [4.69, 9.17) is 10.2 Å². The molecule has 0 spiro atoms. The van der Waals surface area contributed by atoms with Gasteiger partial charge < -0.3 is 10.2 Å². The van der Waals surface area contributed by atoms with Crippen molar-refractivity contribution in [1.82, 2.24) is 0 Å². The number of nitrogens with zero attached hydrogens (tertiary/aromatic N) is 1. The Morgan fingerprint density at radius 2 is 2.07 bits per heavy atom. The van der Waals surface area contributed by atoms with Gasteiger partial charge in [-0.3, -0.25) is 10.1 Å². The molecule has 6 heteroatoms. The van der Waals surface area contributed by atoms with Crippen LogP contribution in [-0.4, -0.2) is 21.1 Å². The lowest BCUT2D eigenvalue weighted by atomic mass is 10.1. The molecule has 74 valence electrons. The van der Waals surface area contributed by atoms with E-state index >= 15 is 0 Å². The van der Waals surface area contributed by atoms with Crippen LogP contribution in [0, 0.1) is 17.0 Å². The molecule has 0 amide bonds. The number of nitro groups is 1. The Balaban J connectivity index is 3.58. The van der Waals surface area contributed by atoms with Gasteiger partial charge in [-0.1, -0.05) is 6.07 Å². The van der Waals surface area contributed by atoms with Gasteiger partial charge in [0.05, 0.1) is 4.92 Å². The van der Waals surface area contributed by atoms with E-state index in [9.17, 15) is 14.9 Å². The lowest BCUT2D eigenvalue weighted by molar-refractivity contribution is -0.386. The van der Waals surface area contributed by atoms with Crippen molar-refractivity contribution in [2.75, 3.05) is 0 Å². The monoisotopic (exact) mass is 197 g/mol. The molecule has 0 aliphatic heterocycles. The number of carboxylic acid groups (broad SMARTS) is 1. The lowest BCUT2D eigenvalue weighted by Gasteiger charge is -2.02. The first-order valence-electron chi connectivity index (χ1n) is 3.65. The van der Waals surface area contributed by atoms with E-state index in [2.05, 4.69) is 0 Å². The summed E-state index contributed by atoms with van der Waals surface area (Å²) in [5, 5.41) is 28.3. The molecular weight excluding hydrogens is 190 g/mol. The van der Waals surface area contributed by atoms with E-state index in [1.807, 2.05) is 0 Å². The fraction of sp³-hybridized carbons (Fsp3) is 0.125. The largest absolute Gasteiger partial charge is 0.502 e. The Kier molecular flexibility index (Phi) is 2.37. The Labute approximate surface area is 78.6 Å². The number of phenols is 1. The molecule has 0 fully saturated rings. The fourth-order valence-electron chi connectivity index (χ4n) is 1.14. The average molecular weight is 197 g/mol. The minimum atomic E-state index is -1.43. The number of hydrogen-bond donors (Lipinski definition) is 2. The van der Waals surface area contributed by atoms with Crippen molar-refractivity contribution in [3.05, 3.63) is 33.4 Å². The summed E-state index contributed by atoms with van der Waals surface area (Å²) >= 11 is 0. The van der Waals surface area contributed by atoms with Gasteiger partial charge in [-0.15, -0.1) is 0 Å². The Morgan fingerprint density at radius 3 is 2.43 bits per heavy atom. The van der Waals surface area contributed by atoms with Crippen molar-refractivity contribution in [3.8, 4) is 5.75 Å². The standard InChI is InChI=1S/C8H7NO5/c1-4-2-3-5(10)7(9(13)14)6(4)8(11)12/h2-3,10H,1H3,(H,11,12). The zero-order valence-electron chi connectivity index (χ0n) is 7.22. The van der Waals surface area contributed by atoms with Crippen LogP contribution < -0.4 is 0 Å².